The van der Waals surface area contributed by atoms with Crippen molar-refractivity contribution in [2.45, 2.75) is 65.5 Å². The summed E-state index contributed by atoms with van der Waals surface area (Å²) in [6.07, 6.45) is -2.65. The number of carbonyl (C=O) groups excluding carboxylic acids is 2. The van der Waals surface area contributed by atoms with Crippen molar-refractivity contribution in [1.29, 1.82) is 0 Å². The third-order valence-electron chi connectivity index (χ3n) is 6.39. The number of aliphatic hydroxyl groups excluding tert-OH is 1. The van der Waals surface area contributed by atoms with Crippen LogP contribution in [0.2, 0.25) is 0 Å². The number of nitrogen functional groups attached to an aromatic ring is 1. The summed E-state index contributed by atoms with van der Waals surface area (Å²) in [6, 6.07) is 3.15. The summed E-state index contributed by atoms with van der Waals surface area (Å²) >= 11 is 2.02. The molecule has 4 atom stereocenters. The number of nitrogens with two attached hydrogens (primary N) is 1. The summed E-state index contributed by atoms with van der Waals surface area (Å²) in [5.74, 6) is 0.501. The Bertz CT molecular complexity index is 1330. The van der Waals surface area contributed by atoms with Gasteiger partial charge in [0.05, 0.1) is 25.5 Å². The molecule has 3 rings (SSSR count). The molecule has 2 aromatic rings. The van der Waals surface area contributed by atoms with E-state index in [9.17, 15) is 19.3 Å². The number of rotatable bonds is 13. The van der Waals surface area contributed by atoms with Gasteiger partial charge >= 0.3 is 7.82 Å². The van der Waals surface area contributed by atoms with E-state index in [1.54, 1.807) is 53.7 Å². The van der Waals surface area contributed by atoms with Crippen LogP contribution in [0.4, 0.5) is 10.2 Å². The van der Waals surface area contributed by atoms with Crippen LogP contribution in [0.3, 0.4) is 0 Å². The quantitative estimate of drug-likeness (QED) is 0.171. The summed E-state index contributed by atoms with van der Waals surface area (Å²) in [5.41, 5.74) is 3.58. The van der Waals surface area contributed by atoms with Crippen LogP contribution in [0.1, 0.15) is 53.3 Å². The lowest BCUT2D eigenvalue weighted by Crippen LogP contribution is -2.44. The van der Waals surface area contributed by atoms with Crippen molar-refractivity contribution in [2.75, 3.05) is 37.1 Å². The second kappa shape index (κ2) is 14.1. The van der Waals surface area contributed by atoms with E-state index in [1.165, 1.54) is 16.9 Å². The van der Waals surface area contributed by atoms with Crippen molar-refractivity contribution in [1.82, 2.24) is 14.6 Å². The lowest BCUT2D eigenvalue weighted by atomic mass is 9.96. The van der Waals surface area contributed by atoms with Crippen molar-refractivity contribution >= 4 is 52.9 Å². The van der Waals surface area contributed by atoms with Crippen molar-refractivity contribution in [3.05, 3.63) is 36.8 Å². The van der Waals surface area contributed by atoms with Gasteiger partial charge in [0.1, 0.15) is 29.7 Å². The third kappa shape index (κ3) is 8.66. The predicted octanol–water partition coefficient (Wildman–Crippen LogP) is 4.78. The first kappa shape index (κ1) is 35.6. The van der Waals surface area contributed by atoms with Crippen molar-refractivity contribution in [2.24, 2.45) is 10.8 Å². The molecule has 0 aromatic carbocycles. The third-order valence-corrected chi connectivity index (χ3v) is 10.3. The molecule has 16 heteroatoms. The second-order valence-electron chi connectivity index (χ2n) is 11.9. The lowest BCUT2D eigenvalue weighted by Gasteiger charge is -2.29. The Balaban J connectivity index is 1.74. The molecule has 2 aromatic heterocycles. The Morgan fingerprint density at radius 3 is 2.21 bits per heavy atom. The summed E-state index contributed by atoms with van der Waals surface area (Å²) in [6.45, 7) is 13.4. The standard InChI is InChI=1S/C27H40FN4O8PS2/c1-8-27(21(33)19(28)20(40-27)17-9-10-18-22(29)30-16-31-32(17)18)15-39-41(36,37-11-13-42-23(34)25(2,3)4)38-12-14-43-24(35)26(5,6)7/h8-10,16,19-21,33H,1,11-15H2,2-7H3,(H2,29,30,31)/t19-,20-,21-,27+/m0/s1. The largest absolute Gasteiger partial charge is 0.474 e. The van der Waals surface area contributed by atoms with E-state index in [0.29, 0.717) is 5.52 Å². The van der Waals surface area contributed by atoms with Gasteiger partial charge in [-0.3, -0.25) is 23.2 Å². The van der Waals surface area contributed by atoms with Crippen LogP contribution in [0.25, 0.3) is 5.52 Å². The predicted molar refractivity (Wildman–Crippen MR) is 164 cm³/mol. The molecule has 240 valence electrons. The van der Waals surface area contributed by atoms with Crippen LogP contribution in [0, 0.1) is 10.8 Å². The van der Waals surface area contributed by atoms with Crippen LogP contribution in [0.5, 0.6) is 0 Å². The highest BCUT2D eigenvalue weighted by atomic mass is 32.2. The molecule has 1 saturated heterocycles. The van der Waals surface area contributed by atoms with Gasteiger partial charge in [-0.15, -0.1) is 6.58 Å². The van der Waals surface area contributed by atoms with Crippen molar-refractivity contribution in [3.8, 4) is 0 Å². The van der Waals surface area contributed by atoms with Crippen LogP contribution in [-0.2, 0) is 32.5 Å². The van der Waals surface area contributed by atoms with E-state index < -0.39 is 49.2 Å². The van der Waals surface area contributed by atoms with Gasteiger partial charge in [0, 0.05) is 22.3 Å². The second-order valence-corrected chi connectivity index (χ2v) is 15.8. The van der Waals surface area contributed by atoms with E-state index in [0.717, 1.165) is 23.5 Å². The SMILES string of the molecule is C=C[C@]1(COP(=O)(OCCSC(=O)C(C)(C)C)OCCSC(=O)C(C)(C)C)O[C@@H](c2ccc3c(N)ncnn23)[C@H](F)[C@@H]1O. The molecule has 0 spiro atoms. The van der Waals surface area contributed by atoms with Crippen molar-refractivity contribution < 1.29 is 42.0 Å². The first-order chi connectivity index (χ1) is 19.9. The molecule has 0 amide bonds. The van der Waals surface area contributed by atoms with E-state index in [2.05, 4.69) is 16.7 Å². The van der Waals surface area contributed by atoms with Gasteiger partial charge in [0.15, 0.2) is 22.2 Å². The number of alkyl halides is 1. The minimum atomic E-state index is -4.35. The number of aromatic nitrogens is 3. The monoisotopic (exact) mass is 662 g/mol. The maximum Gasteiger partial charge on any atom is 0.474 e. The molecule has 0 unspecified atom stereocenters. The van der Waals surface area contributed by atoms with Gasteiger partial charge in [-0.25, -0.2) is 18.5 Å². The summed E-state index contributed by atoms with van der Waals surface area (Å²) in [7, 11) is -4.35. The number of phosphoric ester groups is 1. The number of carbonyl (C=O) groups is 2. The number of halogens is 1. The Labute approximate surface area is 259 Å². The van der Waals surface area contributed by atoms with E-state index in [4.69, 9.17) is 24.0 Å². The lowest BCUT2D eigenvalue weighted by molar-refractivity contribution is -0.118. The Morgan fingerprint density at radius 1 is 1.14 bits per heavy atom. The molecule has 0 bridgehead atoms. The normalized spacial score (nSPS) is 23.1. The minimum absolute atomic E-state index is 0.0806. The molecule has 0 radical (unpaired) electrons. The summed E-state index contributed by atoms with van der Waals surface area (Å²) in [4.78, 5) is 28.4. The first-order valence-electron chi connectivity index (χ1n) is 13.5. The van der Waals surface area contributed by atoms with Gasteiger partial charge in [-0.2, -0.15) is 5.10 Å². The number of thioether (sulfide) groups is 2. The number of fused-ring (bicyclic) bond motifs is 1. The Kier molecular flexibility index (Phi) is 11.7. The van der Waals surface area contributed by atoms with E-state index >= 15 is 4.39 Å². The summed E-state index contributed by atoms with van der Waals surface area (Å²) < 4.78 is 53.1. The zero-order chi connectivity index (χ0) is 32.2. The van der Waals surface area contributed by atoms with Crippen LogP contribution in [-0.4, -0.2) is 79.1 Å². The first-order valence-corrected chi connectivity index (χ1v) is 17.0. The van der Waals surface area contributed by atoms with Gasteiger partial charge < -0.3 is 15.6 Å². The highest BCUT2D eigenvalue weighted by Crippen LogP contribution is 2.52. The molecular formula is C27H40FN4O8PS2. The van der Waals surface area contributed by atoms with Gasteiger partial charge in [-0.1, -0.05) is 71.1 Å². The molecule has 0 saturated carbocycles. The zero-order valence-electron chi connectivity index (χ0n) is 25.1. The molecule has 0 aliphatic carbocycles. The Morgan fingerprint density at radius 2 is 1.70 bits per heavy atom. The molecule has 3 N–H and O–H groups in total. The molecule has 1 aliphatic heterocycles. The number of aliphatic hydroxyl groups is 1. The van der Waals surface area contributed by atoms with E-state index in [-0.39, 0.29) is 46.5 Å². The molecule has 3 heterocycles. The fourth-order valence-electron chi connectivity index (χ4n) is 3.86. The average Bonchev–Trinajstić information content (AvgIpc) is 3.47. The maximum absolute atomic E-state index is 15.5. The molecule has 1 aliphatic rings. The number of phosphoric acid groups is 1. The van der Waals surface area contributed by atoms with Crippen LogP contribution < -0.4 is 5.73 Å². The minimum Gasteiger partial charge on any atom is -0.386 e. The molecule has 43 heavy (non-hydrogen) atoms. The highest BCUT2D eigenvalue weighted by Gasteiger charge is 2.56. The van der Waals surface area contributed by atoms with Gasteiger partial charge in [0.25, 0.3) is 0 Å². The highest BCUT2D eigenvalue weighted by molar-refractivity contribution is 8.14. The fraction of sp³-hybridized carbons (Fsp3) is 0.630. The smallest absolute Gasteiger partial charge is 0.386 e. The number of hydrogen-bond acceptors (Lipinski definition) is 13. The molecular weight excluding hydrogens is 622 g/mol. The van der Waals surface area contributed by atoms with Gasteiger partial charge in [-0.05, 0) is 12.1 Å². The molecule has 12 nitrogen and oxygen atoms in total. The van der Waals surface area contributed by atoms with E-state index in [1.807, 2.05) is 0 Å². The summed E-state index contributed by atoms with van der Waals surface area (Å²) in [5, 5.41) is 14.9. The van der Waals surface area contributed by atoms with Crippen molar-refractivity contribution in [3.63, 3.8) is 0 Å². The number of anilines is 1. The van der Waals surface area contributed by atoms with Gasteiger partial charge in [0.2, 0.25) is 0 Å². The topological polar surface area (TPSA) is 165 Å². The number of nitrogens with zero attached hydrogens (tertiary/aromatic N) is 3. The van der Waals surface area contributed by atoms with Crippen LogP contribution in [0.15, 0.2) is 31.1 Å². The Hall–Kier alpha value is -1.84. The zero-order valence-corrected chi connectivity index (χ0v) is 27.7. The number of ether oxygens (including phenoxy) is 1. The fourth-order valence-corrected chi connectivity index (χ4v) is 6.89. The maximum atomic E-state index is 15.5. The average molecular weight is 663 g/mol. The van der Waals surface area contributed by atoms with Crippen LogP contribution >= 0.6 is 31.3 Å². The number of hydrogen-bond donors (Lipinski definition) is 2. The molecule has 1 fully saturated rings.